The molecule has 8 heteroatoms. The van der Waals surface area contributed by atoms with E-state index in [9.17, 15) is 10.1 Å². The Labute approximate surface area is 191 Å². The van der Waals surface area contributed by atoms with E-state index in [1.54, 1.807) is 32.4 Å². The number of benzene rings is 2. The summed E-state index contributed by atoms with van der Waals surface area (Å²) in [6.45, 7) is 2.17. The van der Waals surface area contributed by atoms with Crippen LogP contribution in [-0.4, -0.2) is 44.0 Å². The molecule has 0 aliphatic carbocycles. The van der Waals surface area contributed by atoms with Crippen molar-refractivity contribution in [2.75, 3.05) is 43.3 Å². The lowest BCUT2D eigenvalue weighted by Crippen LogP contribution is -2.18. The van der Waals surface area contributed by atoms with Crippen LogP contribution >= 0.6 is 11.8 Å². The summed E-state index contributed by atoms with van der Waals surface area (Å²) in [4.78, 5) is 19.4. The summed E-state index contributed by atoms with van der Waals surface area (Å²) in [7, 11) is 3.12. The van der Waals surface area contributed by atoms with Gasteiger partial charge < -0.3 is 19.7 Å². The summed E-state index contributed by atoms with van der Waals surface area (Å²) in [5.74, 6) is 1.13. The van der Waals surface area contributed by atoms with E-state index in [4.69, 9.17) is 9.47 Å². The van der Waals surface area contributed by atoms with E-state index >= 15 is 0 Å². The number of methoxy groups -OCH3 is 2. The third kappa shape index (κ3) is 4.73. The first-order valence-corrected chi connectivity index (χ1v) is 11.3. The monoisotopic (exact) mass is 448 g/mol. The summed E-state index contributed by atoms with van der Waals surface area (Å²) < 4.78 is 10.7. The molecule has 0 radical (unpaired) electrons. The summed E-state index contributed by atoms with van der Waals surface area (Å²) in [6.07, 6.45) is 2.45. The van der Waals surface area contributed by atoms with Crippen LogP contribution in [0, 0.1) is 11.3 Å². The van der Waals surface area contributed by atoms with E-state index in [1.165, 1.54) is 30.3 Å². The lowest BCUT2D eigenvalue weighted by atomic mass is 10.1. The number of nitriles is 1. The topological polar surface area (TPSA) is 87.5 Å². The minimum Gasteiger partial charge on any atom is -0.493 e. The molecule has 3 aromatic rings. The molecule has 0 atom stereocenters. The number of thioether (sulfide) groups is 1. The number of hydrogen-bond acceptors (Lipinski definition) is 7. The Kier molecular flexibility index (Phi) is 6.66. The number of rotatable bonds is 7. The van der Waals surface area contributed by atoms with E-state index in [-0.39, 0.29) is 11.7 Å². The summed E-state index contributed by atoms with van der Waals surface area (Å²) in [6, 6.07) is 15.4. The van der Waals surface area contributed by atoms with Crippen molar-refractivity contribution in [1.82, 2.24) is 4.98 Å². The van der Waals surface area contributed by atoms with Crippen LogP contribution in [0.5, 0.6) is 11.5 Å². The molecule has 1 aromatic heterocycles. The summed E-state index contributed by atoms with van der Waals surface area (Å²) in [5.41, 5.74) is 3.02. The van der Waals surface area contributed by atoms with Crippen LogP contribution in [0.15, 0.2) is 47.5 Å². The Balaban J connectivity index is 1.44. The lowest BCUT2D eigenvalue weighted by molar-refractivity contribution is -0.113. The molecule has 164 valence electrons. The van der Waals surface area contributed by atoms with Crippen molar-refractivity contribution >= 4 is 39.9 Å². The summed E-state index contributed by atoms with van der Waals surface area (Å²) >= 11 is 1.23. The van der Waals surface area contributed by atoms with Crippen molar-refractivity contribution in [1.29, 1.82) is 5.26 Å². The maximum absolute atomic E-state index is 12.5. The van der Waals surface area contributed by atoms with Crippen molar-refractivity contribution in [3.05, 3.63) is 48.0 Å². The molecule has 1 saturated heterocycles. The van der Waals surface area contributed by atoms with E-state index < -0.39 is 0 Å². The average Bonchev–Trinajstić information content (AvgIpc) is 3.36. The Bertz CT molecular complexity index is 1170. The van der Waals surface area contributed by atoms with Gasteiger partial charge in [0.1, 0.15) is 11.1 Å². The Morgan fingerprint density at radius 1 is 1.12 bits per heavy atom. The van der Waals surface area contributed by atoms with Crippen LogP contribution < -0.4 is 19.7 Å². The van der Waals surface area contributed by atoms with Crippen LogP contribution in [0.1, 0.15) is 18.4 Å². The highest BCUT2D eigenvalue weighted by Crippen LogP contribution is 2.34. The molecule has 0 bridgehead atoms. The number of nitrogens with zero attached hydrogens (tertiary/aromatic N) is 3. The van der Waals surface area contributed by atoms with Gasteiger partial charge in [0.25, 0.3) is 0 Å². The van der Waals surface area contributed by atoms with Crippen LogP contribution in [-0.2, 0) is 4.79 Å². The van der Waals surface area contributed by atoms with Gasteiger partial charge in [-0.1, -0.05) is 11.8 Å². The van der Waals surface area contributed by atoms with Crippen LogP contribution in [0.2, 0.25) is 0 Å². The standard InChI is InChI=1S/C24H24N4O3S/c1-30-21-12-16-11-17(14-25)24(27-20(16)13-22(21)31-2)32-15-23(29)26-18-5-7-19(8-6-18)28-9-3-4-10-28/h5-8,11-13H,3-4,9-10,15H2,1-2H3,(H,26,29). The maximum atomic E-state index is 12.5. The molecule has 1 aliphatic rings. The Morgan fingerprint density at radius 2 is 1.81 bits per heavy atom. The fraction of sp³-hybridized carbons (Fsp3) is 0.292. The van der Waals surface area contributed by atoms with Gasteiger partial charge in [0.2, 0.25) is 5.91 Å². The summed E-state index contributed by atoms with van der Waals surface area (Å²) in [5, 5.41) is 13.7. The van der Waals surface area contributed by atoms with E-state index in [2.05, 4.69) is 21.3 Å². The van der Waals surface area contributed by atoms with E-state index in [1.807, 2.05) is 24.3 Å². The quantitative estimate of drug-likeness (QED) is 0.534. The molecule has 1 amide bonds. The Hall–Kier alpha value is -3.44. The minimum atomic E-state index is -0.151. The van der Waals surface area contributed by atoms with Crippen LogP contribution in [0.3, 0.4) is 0 Å². The molecule has 32 heavy (non-hydrogen) atoms. The zero-order valence-electron chi connectivity index (χ0n) is 18.1. The molecule has 7 nitrogen and oxygen atoms in total. The first kappa shape index (κ1) is 21.8. The first-order valence-electron chi connectivity index (χ1n) is 10.4. The number of carbonyl (C=O) groups excluding carboxylic acids is 1. The van der Waals surface area contributed by atoms with Gasteiger partial charge in [-0.2, -0.15) is 5.26 Å². The third-order valence-corrected chi connectivity index (χ3v) is 6.36. The number of ether oxygens (including phenoxy) is 2. The number of anilines is 2. The second-order valence-electron chi connectivity index (χ2n) is 7.43. The number of nitrogens with one attached hydrogen (secondary N) is 1. The molecule has 1 aliphatic heterocycles. The zero-order chi connectivity index (χ0) is 22.5. The highest BCUT2D eigenvalue weighted by Gasteiger charge is 2.15. The van der Waals surface area contributed by atoms with Gasteiger partial charge in [0, 0.05) is 35.9 Å². The normalized spacial score (nSPS) is 13.1. The lowest BCUT2D eigenvalue weighted by Gasteiger charge is -2.17. The fourth-order valence-corrected chi connectivity index (χ4v) is 4.50. The fourth-order valence-electron chi connectivity index (χ4n) is 3.74. The van der Waals surface area contributed by atoms with Gasteiger partial charge in [-0.3, -0.25) is 4.79 Å². The number of aromatic nitrogens is 1. The van der Waals surface area contributed by atoms with Gasteiger partial charge in [0.05, 0.1) is 31.1 Å². The number of carbonyl (C=O) groups is 1. The van der Waals surface area contributed by atoms with E-state index in [0.717, 1.165) is 24.2 Å². The average molecular weight is 449 g/mol. The molecular weight excluding hydrogens is 424 g/mol. The van der Waals surface area contributed by atoms with Crippen molar-refractivity contribution in [2.45, 2.75) is 17.9 Å². The molecule has 1 N–H and O–H groups in total. The smallest absolute Gasteiger partial charge is 0.234 e. The van der Waals surface area contributed by atoms with Gasteiger partial charge in [-0.05, 0) is 49.2 Å². The van der Waals surface area contributed by atoms with Crippen molar-refractivity contribution in [3.8, 4) is 17.6 Å². The third-order valence-electron chi connectivity index (χ3n) is 5.37. The molecule has 0 unspecified atom stereocenters. The SMILES string of the molecule is COc1cc2cc(C#N)c(SCC(=O)Nc3ccc(N4CCCC4)cc3)nc2cc1OC. The van der Waals surface area contributed by atoms with Gasteiger partial charge in [0.15, 0.2) is 11.5 Å². The number of hydrogen-bond donors (Lipinski definition) is 1. The zero-order valence-corrected chi connectivity index (χ0v) is 18.9. The van der Waals surface area contributed by atoms with E-state index in [0.29, 0.717) is 27.6 Å². The number of pyridine rings is 1. The molecule has 4 rings (SSSR count). The first-order chi connectivity index (χ1) is 15.6. The van der Waals surface area contributed by atoms with Gasteiger partial charge >= 0.3 is 0 Å². The van der Waals surface area contributed by atoms with Crippen molar-refractivity contribution in [3.63, 3.8) is 0 Å². The highest BCUT2D eigenvalue weighted by molar-refractivity contribution is 8.00. The largest absolute Gasteiger partial charge is 0.493 e. The van der Waals surface area contributed by atoms with Crippen LogP contribution in [0.4, 0.5) is 11.4 Å². The number of amides is 1. The van der Waals surface area contributed by atoms with Crippen molar-refractivity contribution < 1.29 is 14.3 Å². The predicted octanol–water partition coefficient (Wildman–Crippen LogP) is 4.45. The molecule has 0 spiro atoms. The van der Waals surface area contributed by atoms with Gasteiger partial charge in [-0.25, -0.2) is 4.98 Å². The molecular formula is C24H24N4O3S. The van der Waals surface area contributed by atoms with Crippen LogP contribution in [0.25, 0.3) is 10.9 Å². The number of fused-ring (bicyclic) bond motifs is 1. The maximum Gasteiger partial charge on any atom is 0.234 e. The molecule has 2 aromatic carbocycles. The van der Waals surface area contributed by atoms with Gasteiger partial charge in [-0.15, -0.1) is 0 Å². The highest BCUT2D eigenvalue weighted by atomic mass is 32.2. The second kappa shape index (κ2) is 9.79. The molecule has 1 fully saturated rings. The molecule has 2 heterocycles. The predicted molar refractivity (Wildman–Crippen MR) is 127 cm³/mol. The molecule has 0 saturated carbocycles. The minimum absolute atomic E-state index is 0.147. The second-order valence-corrected chi connectivity index (χ2v) is 8.39. The van der Waals surface area contributed by atoms with Crippen molar-refractivity contribution in [2.24, 2.45) is 0 Å². The Morgan fingerprint density at radius 3 is 2.47 bits per heavy atom.